The highest BCUT2D eigenvalue weighted by atomic mass is 16.5. The molecule has 0 N–H and O–H groups in total. The number of nitrogens with zero attached hydrogens (tertiary/aromatic N) is 4. The molecule has 21 heavy (non-hydrogen) atoms. The Hall–Kier alpha value is -2.18. The number of ether oxygens (including phenoxy) is 1. The zero-order chi connectivity index (χ0) is 15.2. The van der Waals surface area contributed by atoms with Gasteiger partial charge in [-0.05, 0) is 26.2 Å². The minimum absolute atomic E-state index is 0.00806. The number of hydrogen-bond donors (Lipinski definition) is 0. The second kappa shape index (κ2) is 7.01. The topological polar surface area (TPSA) is 77.3 Å². The highest BCUT2D eigenvalue weighted by Crippen LogP contribution is 2.11. The number of carbonyl (C=O) groups is 2. The molecule has 0 atom stereocenters. The Bertz CT molecular complexity index is 532. The molecule has 0 saturated carbocycles. The first-order chi connectivity index (χ1) is 10.1. The Morgan fingerprint density at radius 3 is 2.71 bits per heavy atom. The van der Waals surface area contributed by atoms with Crippen molar-refractivity contribution in [2.45, 2.75) is 32.7 Å². The maximum absolute atomic E-state index is 12.2. The van der Waals surface area contributed by atoms with Gasteiger partial charge in [0, 0.05) is 13.1 Å². The van der Waals surface area contributed by atoms with Crippen molar-refractivity contribution in [3.05, 3.63) is 24.0 Å². The molecule has 0 radical (unpaired) electrons. The third kappa shape index (κ3) is 3.68. The Morgan fingerprint density at radius 2 is 2.05 bits per heavy atom. The number of hydrogen-bond acceptors (Lipinski definition) is 5. The number of likely N-dealkylation sites (tertiary alicyclic amines) is 1. The number of esters is 1. The molecule has 7 nitrogen and oxygen atoms in total. The molecule has 1 fully saturated rings. The summed E-state index contributed by atoms with van der Waals surface area (Å²) in [6, 6.07) is 0. The molecule has 1 amide bonds. The van der Waals surface area contributed by atoms with Crippen molar-refractivity contribution in [3.8, 4) is 0 Å². The molecule has 2 heterocycles. The fourth-order valence-electron chi connectivity index (χ4n) is 2.27. The monoisotopic (exact) mass is 292 g/mol. The molecule has 0 aromatic carbocycles. The van der Waals surface area contributed by atoms with Crippen LogP contribution in [-0.2, 0) is 16.1 Å². The first kappa shape index (κ1) is 15.2. The minimum Gasteiger partial charge on any atom is -0.457 e. The van der Waals surface area contributed by atoms with Crippen LogP contribution >= 0.6 is 0 Å². The molecule has 0 bridgehead atoms. The molecule has 1 aromatic rings. The molecule has 1 aromatic heterocycles. The quantitative estimate of drug-likeness (QED) is 0.596. The van der Waals surface area contributed by atoms with Crippen molar-refractivity contribution in [2.24, 2.45) is 0 Å². The number of amides is 1. The zero-order valence-corrected chi connectivity index (χ0v) is 12.2. The summed E-state index contributed by atoms with van der Waals surface area (Å²) >= 11 is 0. The summed E-state index contributed by atoms with van der Waals surface area (Å²) in [5, 5.41) is 7.67. The van der Waals surface area contributed by atoms with E-state index in [1.807, 2.05) is 4.90 Å². The molecule has 0 spiro atoms. The van der Waals surface area contributed by atoms with Crippen molar-refractivity contribution in [3.63, 3.8) is 0 Å². The number of piperidine rings is 1. The van der Waals surface area contributed by atoms with Crippen LogP contribution in [-0.4, -0.2) is 51.5 Å². The van der Waals surface area contributed by atoms with Crippen molar-refractivity contribution < 1.29 is 14.3 Å². The van der Waals surface area contributed by atoms with E-state index in [-0.39, 0.29) is 24.8 Å². The van der Waals surface area contributed by atoms with Crippen LogP contribution in [0.15, 0.2) is 12.7 Å². The van der Waals surface area contributed by atoms with Gasteiger partial charge in [-0.3, -0.25) is 4.79 Å². The summed E-state index contributed by atoms with van der Waals surface area (Å²) in [6.07, 6.45) is 4.74. The Kier molecular flexibility index (Phi) is 5.08. The van der Waals surface area contributed by atoms with Crippen LogP contribution in [0, 0.1) is 6.92 Å². The molecule has 1 saturated heterocycles. The van der Waals surface area contributed by atoms with Gasteiger partial charge in [-0.2, -0.15) is 0 Å². The minimum atomic E-state index is -0.552. The maximum atomic E-state index is 12.2. The van der Waals surface area contributed by atoms with Crippen molar-refractivity contribution >= 4 is 11.9 Å². The van der Waals surface area contributed by atoms with E-state index in [0.717, 1.165) is 25.9 Å². The van der Waals surface area contributed by atoms with Gasteiger partial charge in [-0.15, -0.1) is 5.10 Å². The molecular formula is C14H20N4O3. The summed E-state index contributed by atoms with van der Waals surface area (Å²) in [4.78, 5) is 25.8. The van der Waals surface area contributed by atoms with Gasteiger partial charge in [0.05, 0.1) is 5.69 Å². The summed E-state index contributed by atoms with van der Waals surface area (Å²) in [5.41, 5.74) is 0.678. The Balaban J connectivity index is 2.00. The van der Waals surface area contributed by atoms with Gasteiger partial charge in [-0.1, -0.05) is 17.9 Å². The van der Waals surface area contributed by atoms with Crippen LogP contribution in [0.3, 0.4) is 0 Å². The van der Waals surface area contributed by atoms with Gasteiger partial charge < -0.3 is 9.64 Å². The number of aromatic nitrogens is 3. The molecule has 0 unspecified atom stereocenters. The third-order valence-corrected chi connectivity index (χ3v) is 3.50. The van der Waals surface area contributed by atoms with E-state index in [1.54, 1.807) is 6.92 Å². The molecular weight excluding hydrogens is 272 g/mol. The average Bonchev–Trinajstić information content (AvgIpc) is 2.87. The lowest BCUT2D eigenvalue weighted by Crippen LogP contribution is -2.38. The van der Waals surface area contributed by atoms with Crippen molar-refractivity contribution in [1.29, 1.82) is 0 Å². The van der Waals surface area contributed by atoms with Crippen LogP contribution < -0.4 is 0 Å². The standard InChI is InChI=1S/C14H20N4O3/c1-3-9-21-14(20)13-11(2)18(16-15-13)10-12(19)17-7-5-4-6-8-17/h3H,1,4-10H2,2H3. The lowest BCUT2D eigenvalue weighted by Gasteiger charge is -2.26. The van der Waals surface area contributed by atoms with Gasteiger partial charge in [0.25, 0.3) is 0 Å². The second-order valence-corrected chi connectivity index (χ2v) is 5.01. The summed E-state index contributed by atoms with van der Waals surface area (Å²) in [6.45, 7) is 6.99. The molecule has 0 aliphatic carbocycles. The van der Waals surface area contributed by atoms with E-state index in [2.05, 4.69) is 16.9 Å². The predicted octanol–water partition coefficient (Wildman–Crippen LogP) is 0.942. The first-order valence-electron chi connectivity index (χ1n) is 7.09. The zero-order valence-electron chi connectivity index (χ0n) is 12.2. The molecule has 1 aliphatic heterocycles. The molecule has 1 aliphatic rings. The van der Waals surface area contributed by atoms with Crippen molar-refractivity contribution in [2.75, 3.05) is 19.7 Å². The summed E-state index contributed by atoms with van der Waals surface area (Å²) < 4.78 is 6.37. The van der Waals surface area contributed by atoms with E-state index in [9.17, 15) is 9.59 Å². The summed E-state index contributed by atoms with van der Waals surface area (Å²) in [5.74, 6) is -0.544. The van der Waals surface area contributed by atoms with E-state index in [4.69, 9.17) is 4.74 Å². The van der Waals surface area contributed by atoms with Gasteiger partial charge in [0.1, 0.15) is 13.2 Å². The van der Waals surface area contributed by atoms with Crippen LogP contribution in [0.1, 0.15) is 35.4 Å². The van der Waals surface area contributed by atoms with E-state index >= 15 is 0 Å². The number of rotatable bonds is 5. The fraction of sp³-hybridized carbons (Fsp3) is 0.571. The van der Waals surface area contributed by atoms with E-state index < -0.39 is 5.97 Å². The van der Waals surface area contributed by atoms with Crippen LogP contribution in [0.25, 0.3) is 0 Å². The summed E-state index contributed by atoms with van der Waals surface area (Å²) in [7, 11) is 0. The lowest BCUT2D eigenvalue weighted by atomic mass is 10.1. The van der Waals surface area contributed by atoms with Gasteiger partial charge in [0.15, 0.2) is 5.69 Å². The molecule has 7 heteroatoms. The number of carbonyl (C=O) groups excluding carboxylic acids is 2. The first-order valence-corrected chi connectivity index (χ1v) is 7.09. The van der Waals surface area contributed by atoms with E-state index in [1.165, 1.54) is 17.2 Å². The second-order valence-electron chi connectivity index (χ2n) is 5.01. The van der Waals surface area contributed by atoms with Crippen LogP contribution in [0.5, 0.6) is 0 Å². The predicted molar refractivity (Wildman–Crippen MR) is 75.7 cm³/mol. The smallest absolute Gasteiger partial charge is 0.361 e. The maximum Gasteiger partial charge on any atom is 0.361 e. The van der Waals surface area contributed by atoms with Crippen LogP contribution in [0.2, 0.25) is 0 Å². The average molecular weight is 292 g/mol. The third-order valence-electron chi connectivity index (χ3n) is 3.50. The molecule has 2 rings (SSSR count). The lowest BCUT2D eigenvalue weighted by molar-refractivity contribution is -0.133. The fourth-order valence-corrected chi connectivity index (χ4v) is 2.27. The molecule has 114 valence electrons. The van der Waals surface area contributed by atoms with E-state index in [0.29, 0.717) is 5.69 Å². The Morgan fingerprint density at radius 1 is 1.33 bits per heavy atom. The van der Waals surface area contributed by atoms with Gasteiger partial charge >= 0.3 is 5.97 Å². The van der Waals surface area contributed by atoms with Crippen LogP contribution in [0.4, 0.5) is 0 Å². The largest absolute Gasteiger partial charge is 0.457 e. The normalized spacial score (nSPS) is 14.8. The van der Waals surface area contributed by atoms with Crippen molar-refractivity contribution in [1.82, 2.24) is 19.9 Å². The highest BCUT2D eigenvalue weighted by molar-refractivity contribution is 5.88. The highest BCUT2D eigenvalue weighted by Gasteiger charge is 2.21. The van der Waals surface area contributed by atoms with Gasteiger partial charge in [-0.25, -0.2) is 9.48 Å². The Labute approximate surface area is 123 Å². The van der Waals surface area contributed by atoms with Gasteiger partial charge in [0.2, 0.25) is 5.91 Å². The SMILES string of the molecule is C=CCOC(=O)c1nnn(CC(=O)N2CCCCC2)c1C.